The molecule has 0 heterocycles. The second-order valence-corrected chi connectivity index (χ2v) is 0. The molecule has 0 aliphatic heterocycles. The maximum atomic E-state index is 0. The van der Waals surface area contributed by atoms with E-state index in [1.807, 2.05) is 0 Å². The molecule has 0 aromatic carbocycles. The van der Waals surface area contributed by atoms with E-state index >= 15 is 0 Å². The molecule has 0 aliphatic carbocycles. The fourth-order valence-corrected chi connectivity index (χ4v) is 0. The monoisotopic (exact) mass is 4380 g/mol. The Balaban J connectivity index is 0. The van der Waals surface area contributed by atoms with Gasteiger partial charge in [-0.05, 0) is 0 Å². The molecular weight excluding hydrogens is 4390 g/mol. The van der Waals surface area contributed by atoms with E-state index in [0.717, 1.165) is 0 Å². The van der Waals surface area contributed by atoms with Crippen LogP contribution in [-0.4, -0.2) is 4040 Å². The molecule has 0 atom stereocenters. The number of rotatable bonds is 0. The Morgan fingerprint density at radius 3 is 0.0182 bits per heavy atom. The van der Waals surface area contributed by atoms with Crippen molar-refractivity contribution >= 4 is 4080 Å². The summed E-state index contributed by atoms with van der Waals surface area (Å²) in [5.74, 6) is 0. The first-order valence-corrected chi connectivity index (χ1v) is 0. The van der Waals surface area contributed by atoms with E-state index in [9.17, 15) is 0 Å². The molecule has 0 bridgehead atoms. The van der Waals surface area contributed by atoms with Crippen molar-refractivity contribution < 1.29 is 0 Å². The first-order chi connectivity index (χ1) is 0. The fraction of sp³-hybridized carbons (Fsp3) is 0. The second kappa shape index (κ2) is 789. The van der Waals surface area contributed by atoms with Gasteiger partial charge in [-0.25, -0.2) is 0 Å². The molecule has 0 saturated heterocycles. The number of halogens is 3. The summed E-state index contributed by atoms with van der Waals surface area (Å²) in [5, 5.41) is 0. The first kappa shape index (κ1) is 799. The SMILES string of the molecule is Cl.Cl.Cl.[Ca+2].[Ca+2].[Ca+2].[Ca+2].[Ca+2].[Ca+2].[Ca+2].[Ca+2].[Ca+2].[Ca+2].[Ca+2].[Ca+2].[Ca+2].[Ca+2].[Ca+2].[Ca+2].[Ca+2].[Ca+2].[Ca+2].[Ca+2].[Ca+2].[Ca+2].[Ca+2].[Ca+2].[Ca+2].[Ca+2].[Ca+2].[Ca+2].[Ca+2].[Ca+2].[Ca+2].[Ca+2].[Ca+2].[Ca+2].[Ca+2].[Ca+2].[Ca+2].[Ca+2].[Ca+2].[Ca+2].[Ca+2].[Ca+2].[Ca+2].[Ca+2].[Ca+2].[Ca+2].[Ca+2].[Ca+2].[Ca+2].[Ca+2].[Ca+2].[Ca+2].[Ca+2].[Ca+2].[Ca+2].[Ca+2].[Ca+2].[Ca+2].[Ca+2].[Ca+2].[Ca+2].[Ca+2].[Ca+2].[Ca+2].[Ca+2].[Ca+2].[Ca+2].[Ca+2].[Ca+2].[Ca+2].[Ca+2].[Ca+2].[Ca+2].[Ca+2].[Ca+2].[Ca+2].[Ca+2].[Ca+2].[Ca+2].[Ca+2].[Ca+2].[Ca+2].[Ca+2].[Ca+2].[Ca+2].[Ca+2].[Ca+2].[Ca+2].[Ca+2].[Ca+2].[Ca+2].[Ca+2].[Ca+2].[Ca+2].[Ca+2].[Ca+2].[Ca+2].[Ca+2].[Ca+2].[Ca+2].[Ca+2].[Ca+2].[Ca+2].[Ca+2].[Ca+2].[Ca+2].[Ca+2]. The summed E-state index contributed by atoms with van der Waals surface area (Å²) in [5.41, 5.74) is 0. The molecule has 0 aliphatic rings. The largest absolute Gasteiger partial charge is 2.00 e. The molecule has 0 aromatic heterocycles. The van der Waals surface area contributed by atoms with Gasteiger partial charge in [0.25, 0.3) is 0 Å². The summed E-state index contributed by atoms with van der Waals surface area (Å²) in [6.07, 6.45) is 0. The van der Waals surface area contributed by atoms with Crippen molar-refractivity contribution in [1.82, 2.24) is 0 Å². The number of hydrogen-bond donors (Lipinski definition) is 0. The average Bonchev–Trinajstić information content (AvgIpc) is 0. The van der Waals surface area contributed by atoms with Crippen molar-refractivity contribution in [2.45, 2.75) is 0 Å². The molecule has 0 unspecified atom stereocenters. The summed E-state index contributed by atoms with van der Waals surface area (Å²) in [6.45, 7) is 0. The van der Waals surface area contributed by atoms with Crippen LogP contribution in [-0.2, 0) is 0 Å². The van der Waals surface area contributed by atoms with Crippen LogP contribution in [0.1, 0.15) is 0 Å². The molecule has 24 valence electrons. The van der Waals surface area contributed by atoms with Crippen LogP contribution in [0.4, 0.5) is 0 Å². The Morgan fingerprint density at radius 1 is 0.0182 bits per heavy atom. The minimum atomic E-state index is 0. The van der Waals surface area contributed by atoms with Gasteiger partial charge >= 0.3 is 4040 Å². The first-order valence-electron chi connectivity index (χ1n) is 0. The molecule has 0 nitrogen and oxygen atoms in total. The molecule has 0 spiro atoms. The topological polar surface area (TPSA) is 0 Å². The van der Waals surface area contributed by atoms with Gasteiger partial charge < -0.3 is 0 Å². The van der Waals surface area contributed by atoms with Crippen LogP contribution < -0.4 is 0 Å². The molecule has 0 saturated carbocycles. The molecule has 0 amide bonds. The van der Waals surface area contributed by atoms with Crippen molar-refractivity contribution in [3.8, 4) is 0 Å². The summed E-state index contributed by atoms with van der Waals surface area (Å²) in [6, 6.07) is 0. The van der Waals surface area contributed by atoms with Gasteiger partial charge in [0.1, 0.15) is 0 Å². The zero-order chi connectivity index (χ0) is 0. The molecule has 110 heavy (non-hydrogen) atoms. The zero-order valence-electron chi connectivity index (χ0n) is 76.9. The second-order valence-electron chi connectivity index (χ2n) is 0. The third-order valence-electron chi connectivity index (χ3n) is 0. The van der Waals surface area contributed by atoms with E-state index in [4.69, 9.17) is 0 Å². The maximum absolute atomic E-state index is 0. The van der Waals surface area contributed by atoms with Crippen LogP contribution in [0.15, 0.2) is 0 Å². The Labute approximate surface area is 3900 Å². The van der Waals surface area contributed by atoms with Gasteiger partial charge in [0.05, 0.1) is 0 Å². The Bertz CT molecular complexity index is 19.9. The van der Waals surface area contributed by atoms with Crippen molar-refractivity contribution in [3.05, 3.63) is 0 Å². The van der Waals surface area contributed by atoms with Crippen molar-refractivity contribution in [3.63, 3.8) is 0 Å². The third kappa shape index (κ3) is 780. The third-order valence-corrected chi connectivity index (χ3v) is 0. The predicted octanol–water partition coefficient (Wildman–Crippen LogP) is -39.5. The van der Waals surface area contributed by atoms with Gasteiger partial charge in [0, 0.05) is 0 Å². The van der Waals surface area contributed by atoms with Crippen LogP contribution in [0, 0.1) is 0 Å². The maximum Gasteiger partial charge on any atom is 2.00 e. The van der Waals surface area contributed by atoms with Crippen LogP contribution in [0.3, 0.4) is 0 Å². The smallest absolute Gasteiger partial charge is 0.147 e. The standard InChI is InChI=1S/107Ca.3ClH/h;;;;;;;;;;;;;;;;;;;;;;;;;;;;;;;;;;;;;;;;;;;;;;;;;;;;;;;;;;;;;;;;;;;;;;;;;;;;;;;;;;;;;;;;;;;;;;;;;;;;;;;;;;;3*1H/q107*+2;;;. The van der Waals surface area contributed by atoms with Crippen molar-refractivity contribution in [2.75, 3.05) is 0 Å². The number of hydrogen-bond acceptors (Lipinski definition) is 0. The fourth-order valence-electron chi connectivity index (χ4n) is 0. The molecule has 0 fully saturated rings. The van der Waals surface area contributed by atoms with Crippen molar-refractivity contribution in [2.24, 2.45) is 0 Å². The average molecular weight is 4400 g/mol. The Morgan fingerprint density at radius 2 is 0.0182 bits per heavy atom. The van der Waals surface area contributed by atoms with E-state index in [1.165, 1.54) is 0 Å². The summed E-state index contributed by atoms with van der Waals surface area (Å²) < 4.78 is 0. The molecule has 0 aromatic rings. The van der Waals surface area contributed by atoms with Crippen molar-refractivity contribution in [1.29, 1.82) is 0 Å². The zero-order valence-corrected chi connectivity index (χ0v) is 316. The van der Waals surface area contributed by atoms with Crippen LogP contribution in [0.25, 0.3) is 0 Å². The van der Waals surface area contributed by atoms with Gasteiger partial charge in [-0.15, -0.1) is 37.2 Å². The van der Waals surface area contributed by atoms with E-state index < -0.39 is 0 Å². The van der Waals surface area contributed by atoms with E-state index in [-0.39, 0.29) is 4080 Å². The Hall–Kier alpha value is 136. The van der Waals surface area contributed by atoms with E-state index in [2.05, 4.69) is 0 Å². The van der Waals surface area contributed by atoms with E-state index in [0.29, 0.717) is 0 Å². The van der Waals surface area contributed by atoms with Gasteiger partial charge in [-0.1, -0.05) is 0 Å². The normalized spacial score (nSPS) is 0. The molecular formula is H3Ca107Cl3+214. The summed E-state index contributed by atoms with van der Waals surface area (Å²) >= 11 is 0. The van der Waals surface area contributed by atoms with Gasteiger partial charge in [-0.3, -0.25) is 0 Å². The van der Waals surface area contributed by atoms with Gasteiger partial charge in [0.2, 0.25) is 0 Å². The Kier molecular flexibility index (Phi) is 5730. The molecule has 0 N–H and O–H groups in total. The minimum Gasteiger partial charge on any atom is -0.147 e. The van der Waals surface area contributed by atoms with Crippen LogP contribution in [0.5, 0.6) is 0 Å². The van der Waals surface area contributed by atoms with Crippen LogP contribution >= 0.6 is 37.2 Å². The minimum absolute atomic E-state index is 0. The molecule has 0 rings (SSSR count). The predicted molar refractivity (Wildman–Crippen MR) is 637 cm³/mol. The summed E-state index contributed by atoms with van der Waals surface area (Å²) in [4.78, 5) is 0. The van der Waals surface area contributed by atoms with Gasteiger partial charge in [-0.2, -0.15) is 0 Å². The molecule has 0 radical (unpaired) electrons. The van der Waals surface area contributed by atoms with Gasteiger partial charge in [0.15, 0.2) is 0 Å². The summed E-state index contributed by atoms with van der Waals surface area (Å²) in [7, 11) is 0. The van der Waals surface area contributed by atoms with E-state index in [1.54, 1.807) is 0 Å². The molecule has 110 heteroatoms. The van der Waals surface area contributed by atoms with Crippen LogP contribution in [0.2, 0.25) is 0 Å². The quantitative estimate of drug-likeness (QED) is 0.212.